The third-order valence-electron chi connectivity index (χ3n) is 5.60. The fourth-order valence-corrected chi connectivity index (χ4v) is 4.05. The van der Waals surface area contributed by atoms with Gasteiger partial charge in [-0.05, 0) is 48.7 Å². The molecule has 0 aromatic heterocycles. The monoisotopic (exact) mass is 403 g/mol. The largest absolute Gasteiger partial charge is 0.494 e. The lowest BCUT2D eigenvalue weighted by Crippen LogP contribution is -2.44. The highest BCUT2D eigenvalue weighted by Crippen LogP contribution is 2.41. The van der Waals surface area contributed by atoms with E-state index in [9.17, 15) is 5.11 Å². The molecular formula is C23H30ClNO3. The van der Waals surface area contributed by atoms with E-state index in [4.69, 9.17) is 21.1 Å². The number of benzene rings is 2. The van der Waals surface area contributed by atoms with Crippen LogP contribution in [0.4, 0.5) is 0 Å². The second-order valence-electron chi connectivity index (χ2n) is 7.25. The summed E-state index contributed by atoms with van der Waals surface area (Å²) in [4.78, 5) is 2.37. The first-order valence-corrected chi connectivity index (χ1v) is 10.5. The van der Waals surface area contributed by atoms with Gasteiger partial charge in [-0.1, -0.05) is 42.8 Å². The van der Waals surface area contributed by atoms with E-state index >= 15 is 0 Å². The van der Waals surface area contributed by atoms with Crippen LogP contribution in [-0.2, 0) is 10.3 Å². The minimum Gasteiger partial charge on any atom is -0.494 e. The lowest BCUT2D eigenvalue weighted by molar-refractivity contribution is -0.0250. The number of hydrogen-bond acceptors (Lipinski definition) is 4. The summed E-state index contributed by atoms with van der Waals surface area (Å²) in [6, 6.07) is 15.7. The van der Waals surface area contributed by atoms with E-state index in [2.05, 4.69) is 4.90 Å². The van der Waals surface area contributed by atoms with Crippen LogP contribution in [0.3, 0.4) is 0 Å². The Bertz CT molecular complexity index is 729. The Kier molecular flexibility index (Phi) is 7.36. The molecule has 0 saturated carbocycles. The van der Waals surface area contributed by atoms with Crippen LogP contribution in [0.15, 0.2) is 48.5 Å². The van der Waals surface area contributed by atoms with Gasteiger partial charge in [0.05, 0.1) is 25.4 Å². The van der Waals surface area contributed by atoms with Crippen LogP contribution in [0.25, 0.3) is 0 Å². The smallest absolute Gasteiger partial charge is 0.119 e. The van der Waals surface area contributed by atoms with Crippen LogP contribution >= 0.6 is 11.6 Å². The summed E-state index contributed by atoms with van der Waals surface area (Å²) >= 11 is 6.12. The highest BCUT2D eigenvalue weighted by atomic mass is 35.5. The van der Waals surface area contributed by atoms with Crippen LogP contribution in [0.5, 0.6) is 5.75 Å². The third-order valence-corrected chi connectivity index (χ3v) is 5.85. The van der Waals surface area contributed by atoms with Crippen molar-refractivity contribution in [1.82, 2.24) is 4.90 Å². The molecule has 0 amide bonds. The topological polar surface area (TPSA) is 41.9 Å². The second-order valence-corrected chi connectivity index (χ2v) is 7.69. The number of rotatable bonds is 8. The van der Waals surface area contributed by atoms with E-state index in [1.54, 1.807) is 0 Å². The molecule has 1 aliphatic rings. The molecule has 5 heteroatoms. The van der Waals surface area contributed by atoms with E-state index in [0.29, 0.717) is 18.1 Å². The Morgan fingerprint density at radius 1 is 1.07 bits per heavy atom. The Morgan fingerprint density at radius 2 is 1.71 bits per heavy atom. The van der Waals surface area contributed by atoms with Crippen molar-refractivity contribution >= 4 is 11.6 Å². The van der Waals surface area contributed by atoms with Crippen LogP contribution in [0, 0.1) is 0 Å². The number of hydrogen-bond donors (Lipinski definition) is 1. The summed E-state index contributed by atoms with van der Waals surface area (Å²) in [5, 5.41) is 12.6. The molecule has 3 rings (SSSR count). The van der Waals surface area contributed by atoms with Gasteiger partial charge in [0, 0.05) is 30.6 Å². The maximum Gasteiger partial charge on any atom is 0.119 e. The van der Waals surface area contributed by atoms with Crippen LogP contribution in [-0.4, -0.2) is 49.5 Å². The van der Waals surface area contributed by atoms with Crippen LogP contribution in [0.1, 0.15) is 37.3 Å². The molecule has 1 N–H and O–H groups in total. The fourth-order valence-electron chi connectivity index (χ4n) is 3.93. The molecule has 1 fully saturated rings. The molecule has 2 aromatic carbocycles. The van der Waals surface area contributed by atoms with Gasteiger partial charge in [0.15, 0.2) is 0 Å². The van der Waals surface area contributed by atoms with Crippen molar-refractivity contribution in [2.75, 3.05) is 39.5 Å². The van der Waals surface area contributed by atoms with E-state index < -0.39 is 5.60 Å². The predicted molar refractivity (Wildman–Crippen MR) is 113 cm³/mol. The molecular weight excluding hydrogens is 374 g/mol. The maximum absolute atomic E-state index is 11.9. The van der Waals surface area contributed by atoms with Crippen molar-refractivity contribution < 1.29 is 14.6 Å². The summed E-state index contributed by atoms with van der Waals surface area (Å²) in [7, 11) is 0. The highest BCUT2D eigenvalue weighted by molar-refractivity contribution is 6.30. The van der Waals surface area contributed by atoms with Gasteiger partial charge in [-0.2, -0.15) is 0 Å². The van der Waals surface area contributed by atoms with Gasteiger partial charge < -0.3 is 14.6 Å². The molecule has 0 aliphatic carbocycles. The molecule has 0 radical (unpaired) electrons. The van der Waals surface area contributed by atoms with Crippen LogP contribution in [0.2, 0.25) is 5.02 Å². The lowest BCUT2D eigenvalue weighted by atomic mass is 9.75. The highest BCUT2D eigenvalue weighted by Gasteiger charge is 2.39. The molecule has 1 heterocycles. The number of ether oxygens (including phenoxy) is 2. The molecule has 2 aromatic rings. The van der Waals surface area contributed by atoms with Gasteiger partial charge in [-0.25, -0.2) is 0 Å². The van der Waals surface area contributed by atoms with Crippen molar-refractivity contribution in [1.29, 1.82) is 0 Å². The van der Waals surface area contributed by atoms with E-state index in [1.165, 1.54) is 0 Å². The average Bonchev–Trinajstić information content (AvgIpc) is 2.74. The number of halogens is 1. The van der Waals surface area contributed by atoms with E-state index in [-0.39, 0.29) is 5.92 Å². The minimum absolute atomic E-state index is 0.0780. The zero-order valence-corrected chi connectivity index (χ0v) is 17.5. The zero-order chi connectivity index (χ0) is 20.0. The Hall–Kier alpha value is -1.59. The minimum atomic E-state index is -0.989. The standard InChI is InChI=1S/C23H30ClNO3/c1-3-23(26,19-7-11-21(12-8-19)28-4-2)22(17-25-13-15-27-16-14-25)18-5-9-20(24)10-6-18/h5-12,22,26H,3-4,13-17H2,1-2H3/t22-,23+/m0/s1. The van der Waals surface area contributed by atoms with Gasteiger partial charge in [-0.15, -0.1) is 0 Å². The van der Waals surface area contributed by atoms with E-state index in [0.717, 1.165) is 49.7 Å². The van der Waals surface area contributed by atoms with Crippen molar-refractivity contribution in [3.8, 4) is 5.75 Å². The van der Waals surface area contributed by atoms with Gasteiger partial charge in [0.1, 0.15) is 5.75 Å². The molecule has 0 spiro atoms. The number of nitrogens with zero attached hydrogens (tertiary/aromatic N) is 1. The Labute approximate surface area is 173 Å². The summed E-state index contributed by atoms with van der Waals surface area (Å²) in [6.07, 6.45) is 0.610. The molecule has 1 aliphatic heterocycles. The second kappa shape index (κ2) is 9.75. The van der Waals surface area contributed by atoms with Gasteiger partial charge >= 0.3 is 0 Å². The van der Waals surface area contributed by atoms with E-state index in [1.807, 2.05) is 62.4 Å². The number of aliphatic hydroxyl groups is 1. The van der Waals surface area contributed by atoms with Crippen molar-refractivity contribution in [2.45, 2.75) is 31.8 Å². The summed E-state index contributed by atoms with van der Waals surface area (Å²) in [5.41, 5.74) is 1.01. The van der Waals surface area contributed by atoms with Gasteiger partial charge in [0.2, 0.25) is 0 Å². The molecule has 1 saturated heterocycles. The Balaban J connectivity index is 1.95. The quantitative estimate of drug-likeness (QED) is 0.706. The molecule has 28 heavy (non-hydrogen) atoms. The Morgan fingerprint density at radius 3 is 2.29 bits per heavy atom. The maximum atomic E-state index is 11.9. The van der Waals surface area contributed by atoms with Crippen molar-refractivity contribution in [3.05, 3.63) is 64.7 Å². The van der Waals surface area contributed by atoms with Gasteiger partial charge in [-0.3, -0.25) is 4.90 Å². The lowest BCUT2D eigenvalue weighted by Gasteiger charge is -2.40. The van der Waals surface area contributed by atoms with Crippen molar-refractivity contribution in [2.24, 2.45) is 0 Å². The van der Waals surface area contributed by atoms with Crippen molar-refractivity contribution in [3.63, 3.8) is 0 Å². The molecule has 4 nitrogen and oxygen atoms in total. The average molecular weight is 404 g/mol. The van der Waals surface area contributed by atoms with Gasteiger partial charge in [0.25, 0.3) is 0 Å². The summed E-state index contributed by atoms with van der Waals surface area (Å²) in [5.74, 6) is 0.742. The molecule has 0 bridgehead atoms. The zero-order valence-electron chi connectivity index (χ0n) is 16.7. The summed E-state index contributed by atoms with van der Waals surface area (Å²) in [6.45, 7) is 8.64. The first-order chi connectivity index (χ1) is 13.6. The molecule has 152 valence electrons. The predicted octanol–water partition coefficient (Wildman–Crippen LogP) is 4.45. The summed E-state index contributed by atoms with van der Waals surface area (Å²) < 4.78 is 11.1. The molecule has 0 unspecified atom stereocenters. The molecule has 2 atom stereocenters. The number of morpholine rings is 1. The first kappa shape index (κ1) is 21.1. The third kappa shape index (κ3) is 4.87. The normalized spacial score (nSPS) is 18.4. The van der Waals surface area contributed by atoms with Crippen LogP contribution < -0.4 is 4.74 Å². The SMILES string of the molecule is CCOc1ccc([C@](O)(CC)[C@@H](CN2CCOCC2)c2ccc(Cl)cc2)cc1. The fraction of sp³-hybridized carbons (Fsp3) is 0.478. The first-order valence-electron chi connectivity index (χ1n) is 10.1.